The molecule has 0 aromatic carbocycles. The van der Waals surface area contributed by atoms with Crippen molar-refractivity contribution in [1.82, 2.24) is 15.3 Å². The summed E-state index contributed by atoms with van der Waals surface area (Å²) in [7, 11) is 0. The van der Waals surface area contributed by atoms with Crippen LogP contribution in [-0.4, -0.2) is 29.1 Å². The van der Waals surface area contributed by atoms with Gasteiger partial charge in [0.05, 0.1) is 12.2 Å². The summed E-state index contributed by atoms with van der Waals surface area (Å²) in [4.78, 5) is 8.17. The third-order valence-electron chi connectivity index (χ3n) is 2.15. The second-order valence-corrected chi connectivity index (χ2v) is 3.29. The molecule has 72 valence electrons. The van der Waals surface area contributed by atoms with Crippen LogP contribution in [0.4, 0.5) is 5.82 Å². The molecule has 0 aliphatic carbocycles. The summed E-state index contributed by atoms with van der Waals surface area (Å²) in [6, 6.07) is 2.45. The van der Waals surface area contributed by atoms with Gasteiger partial charge in [0.25, 0.3) is 0 Å². The van der Waals surface area contributed by atoms with E-state index in [1.54, 1.807) is 6.20 Å². The number of nitrogens with one attached hydrogen (secondary N) is 2. The number of aryl methyl sites for hydroxylation is 1. The molecular formula is C9H11N5. The highest BCUT2D eigenvalue weighted by Gasteiger charge is 2.18. The second-order valence-electron chi connectivity index (χ2n) is 3.29. The van der Waals surface area contributed by atoms with Crippen LogP contribution in [0.2, 0.25) is 0 Å². The SMILES string of the molecule is Cc1ncc(C#N)c(NC2CNC2)n1. The number of nitriles is 1. The third kappa shape index (κ3) is 1.65. The first-order chi connectivity index (χ1) is 6.79. The third-order valence-corrected chi connectivity index (χ3v) is 2.15. The molecule has 1 aliphatic heterocycles. The Morgan fingerprint density at radius 3 is 3.00 bits per heavy atom. The van der Waals surface area contributed by atoms with E-state index in [-0.39, 0.29) is 0 Å². The molecule has 1 aromatic heterocycles. The van der Waals surface area contributed by atoms with Crippen LogP contribution >= 0.6 is 0 Å². The average Bonchev–Trinajstić information content (AvgIpc) is 2.12. The maximum Gasteiger partial charge on any atom is 0.148 e. The summed E-state index contributed by atoms with van der Waals surface area (Å²) in [5, 5.41) is 15.2. The molecule has 14 heavy (non-hydrogen) atoms. The van der Waals surface area contributed by atoms with Gasteiger partial charge in [0, 0.05) is 13.1 Å². The predicted molar refractivity (Wildman–Crippen MR) is 51.8 cm³/mol. The van der Waals surface area contributed by atoms with Crippen molar-refractivity contribution < 1.29 is 0 Å². The van der Waals surface area contributed by atoms with Crippen molar-refractivity contribution in [3.05, 3.63) is 17.6 Å². The van der Waals surface area contributed by atoms with Crippen molar-refractivity contribution in [1.29, 1.82) is 5.26 Å². The number of anilines is 1. The van der Waals surface area contributed by atoms with Crippen molar-refractivity contribution in [2.24, 2.45) is 0 Å². The molecular weight excluding hydrogens is 178 g/mol. The van der Waals surface area contributed by atoms with Crippen molar-refractivity contribution in [2.75, 3.05) is 18.4 Å². The topological polar surface area (TPSA) is 73.6 Å². The molecule has 0 atom stereocenters. The fourth-order valence-corrected chi connectivity index (χ4v) is 1.25. The van der Waals surface area contributed by atoms with Gasteiger partial charge in [0.15, 0.2) is 0 Å². The van der Waals surface area contributed by atoms with Crippen molar-refractivity contribution >= 4 is 5.82 Å². The van der Waals surface area contributed by atoms with Crippen LogP contribution in [0.15, 0.2) is 6.20 Å². The Labute approximate surface area is 82.2 Å². The van der Waals surface area contributed by atoms with Crippen molar-refractivity contribution in [3.8, 4) is 6.07 Å². The smallest absolute Gasteiger partial charge is 0.148 e. The molecule has 0 bridgehead atoms. The number of rotatable bonds is 2. The Morgan fingerprint density at radius 1 is 1.64 bits per heavy atom. The van der Waals surface area contributed by atoms with Crippen molar-refractivity contribution in [2.45, 2.75) is 13.0 Å². The molecule has 0 radical (unpaired) electrons. The molecule has 2 rings (SSSR count). The Hall–Kier alpha value is -1.67. The minimum absolute atomic E-state index is 0.386. The summed E-state index contributed by atoms with van der Waals surface area (Å²) in [5.41, 5.74) is 0.502. The van der Waals surface area contributed by atoms with E-state index in [1.165, 1.54) is 0 Å². The van der Waals surface area contributed by atoms with Gasteiger partial charge in [-0.05, 0) is 6.92 Å². The molecule has 0 unspecified atom stereocenters. The molecule has 0 spiro atoms. The van der Waals surface area contributed by atoms with Crippen LogP contribution in [0, 0.1) is 18.3 Å². The number of aromatic nitrogens is 2. The molecule has 1 saturated heterocycles. The molecule has 1 aromatic rings. The van der Waals surface area contributed by atoms with E-state index < -0.39 is 0 Å². The van der Waals surface area contributed by atoms with E-state index in [2.05, 4.69) is 26.7 Å². The number of hydrogen-bond donors (Lipinski definition) is 2. The van der Waals surface area contributed by atoms with Crippen LogP contribution in [-0.2, 0) is 0 Å². The average molecular weight is 189 g/mol. The van der Waals surface area contributed by atoms with E-state index in [1.807, 2.05) is 6.92 Å². The minimum Gasteiger partial charge on any atom is -0.364 e. The molecule has 0 amide bonds. The van der Waals surface area contributed by atoms with Gasteiger partial charge in [-0.25, -0.2) is 9.97 Å². The van der Waals surface area contributed by atoms with Gasteiger partial charge in [0.1, 0.15) is 23.3 Å². The first kappa shape index (κ1) is 8.91. The standard InChI is InChI=1S/C9H11N5/c1-6-12-3-7(2-10)9(13-6)14-8-4-11-5-8/h3,8,11H,4-5H2,1H3,(H,12,13,14). The van der Waals surface area contributed by atoms with Crippen LogP contribution < -0.4 is 10.6 Å². The van der Waals surface area contributed by atoms with Crippen LogP contribution in [0.25, 0.3) is 0 Å². The van der Waals surface area contributed by atoms with Gasteiger partial charge >= 0.3 is 0 Å². The van der Waals surface area contributed by atoms with Gasteiger partial charge in [-0.2, -0.15) is 5.26 Å². The van der Waals surface area contributed by atoms with Gasteiger partial charge in [-0.3, -0.25) is 0 Å². The first-order valence-corrected chi connectivity index (χ1v) is 4.50. The summed E-state index contributed by atoms with van der Waals surface area (Å²) >= 11 is 0. The number of hydrogen-bond acceptors (Lipinski definition) is 5. The summed E-state index contributed by atoms with van der Waals surface area (Å²) in [5.74, 6) is 1.32. The highest BCUT2D eigenvalue weighted by atomic mass is 15.1. The number of nitrogens with zero attached hydrogens (tertiary/aromatic N) is 3. The Balaban J connectivity index is 2.21. The minimum atomic E-state index is 0.386. The molecule has 0 saturated carbocycles. The predicted octanol–water partition coefficient (Wildman–Crippen LogP) is 0.0404. The molecule has 1 fully saturated rings. The first-order valence-electron chi connectivity index (χ1n) is 4.50. The lowest BCUT2D eigenvalue weighted by atomic mass is 10.2. The molecule has 2 N–H and O–H groups in total. The normalized spacial score (nSPS) is 15.7. The monoisotopic (exact) mass is 189 g/mol. The quantitative estimate of drug-likeness (QED) is 0.687. The molecule has 1 aliphatic rings. The van der Waals surface area contributed by atoms with Crippen LogP contribution in [0.1, 0.15) is 11.4 Å². The Morgan fingerprint density at radius 2 is 2.43 bits per heavy atom. The van der Waals surface area contributed by atoms with Gasteiger partial charge < -0.3 is 10.6 Å². The fraction of sp³-hybridized carbons (Fsp3) is 0.444. The van der Waals surface area contributed by atoms with E-state index in [0.29, 0.717) is 23.2 Å². The molecule has 5 nitrogen and oxygen atoms in total. The fourth-order valence-electron chi connectivity index (χ4n) is 1.25. The lowest BCUT2D eigenvalue weighted by Crippen LogP contribution is -2.51. The summed E-state index contributed by atoms with van der Waals surface area (Å²) < 4.78 is 0. The zero-order valence-corrected chi connectivity index (χ0v) is 7.91. The van der Waals surface area contributed by atoms with Crippen molar-refractivity contribution in [3.63, 3.8) is 0 Å². The van der Waals surface area contributed by atoms with E-state index >= 15 is 0 Å². The summed E-state index contributed by atoms with van der Waals surface area (Å²) in [6.07, 6.45) is 1.55. The maximum absolute atomic E-state index is 8.83. The lowest BCUT2D eigenvalue weighted by Gasteiger charge is -2.28. The largest absolute Gasteiger partial charge is 0.364 e. The Bertz CT molecular complexity index is 377. The van der Waals surface area contributed by atoms with Gasteiger partial charge in [-0.15, -0.1) is 0 Å². The van der Waals surface area contributed by atoms with E-state index in [4.69, 9.17) is 5.26 Å². The maximum atomic E-state index is 8.83. The highest BCUT2D eigenvalue weighted by molar-refractivity contribution is 5.51. The van der Waals surface area contributed by atoms with Gasteiger partial charge in [-0.1, -0.05) is 0 Å². The zero-order valence-electron chi connectivity index (χ0n) is 7.91. The Kier molecular flexibility index (Phi) is 2.29. The van der Waals surface area contributed by atoms with E-state index in [9.17, 15) is 0 Å². The van der Waals surface area contributed by atoms with E-state index in [0.717, 1.165) is 13.1 Å². The molecule has 5 heteroatoms. The zero-order chi connectivity index (χ0) is 9.97. The summed E-state index contributed by atoms with van der Waals surface area (Å²) in [6.45, 7) is 3.66. The lowest BCUT2D eigenvalue weighted by molar-refractivity contribution is 0.471. The van der Waals surface area contributed by atoms with Gasteiger partial charge in [0.2, 0.25) is 0 Å². The highest BCUT2D eigenvalue weighted by Crippen LogP contribution is 2.12. The molecule has 2 heterocycles. The second kappa shape index (κ2) is 3.60. The van der Waals surface area contributed by atoms with Crippen LogP contribution in [0.3, 0.4) is 0 Å². The van der Waals surface area contributed by atoms with Crippen LogP contribution in [0.5, 0.6) is 0 Å².